The van der Waals surface area contributed by atoms with Gasteiger partial charge in [-0.05, 0) is 18.9 Å². The number of ether oxygens (including phenoxy) is 1. The fourth-order valence-corrected chi connectivity index (χ4v) is 2.47. The summed E-state index contributed by atoms with van der Waals surface area (Å²) in [7, 11) is 0. The van der Waals surface area contributed by atoms with Crippen LogP contribution in [0.25, 0.3) is 11.4 Å². The molecule has 0 spiro atoms. The molecule has 3 N–H and O–H groups in total. The van der Waals surface area contributed by atoms with Crippen LogP contribution in [-0.4, -0.2) is 39.7 Å². The standard InChI is InChI=1S/C15H16FN7O/c16-10-7-20-13(18)23-12(10)11-1-4-19-14(22-11)21-9-15(8-17)2-5-24-6-3-15/h1,4,7H,2-3,5-6,9H2,(H2,18,20,23)(H,19,21,22). The Morgan fingerprint density at radius 1 is 1.33 bits per heavy atom. The monoisotopic (exact) mass is 329 g/mol. The van der Waals surface area contributed by atoms with E-state index >= 15 is 0 Å². The van der Waals surface area contributed by atoms with E-state index in [1.807, 2.05) is 0 Å². The highest BCUT2D eigenvalue weighted by Gasteiger charge is 2.32. The lowest BCUT2D eigenvalue weighted by molar-refractivity contribution is 0.0455. The van der Waals surface area contributed by atoms with Gasteiger partial charge >= 0.3 is 0 Å². The van der Waals surface area contributed by atoms with Gasteiger partial charge in [-0.3, -0.25) is 0 Å². The Morgan fingerprint density at radius 2 is 2.12 bits per heavy atom. The number of nitriles is 1. The fraction of sp³-hybridized carbons (Fsp3) is 0.400. The van der Waals surface area contributed by atoms with Gasteiger partial charge in [0.15, 0.2) is 5.82 Å². The number of aromatic nitrogens is 4. The zero-order valence-corrected chi connectivity index (χ0v) is 12.9. The third-order valence-electron chi connectivity index (χ3n) is 3.93. The van der Waals surface area contributed by atoms with Crippen LogP contribution in [0.3, 0.4) is 0 Å². The van der Waals surface area contributed by atoms with E-state index in [0.717, 1.165) is 6.20 Å². The zero-order chi connectivity index (χ0) is 17.0. The van der Waals surface area contributed by atoms with Crippen molar-refractivity contribution in [3.8, 4) is 17.5 Å². The van der Waals surface area contributed by atoms with Gasteiger partial charge in [0.1, 0.15) is 5.69 Å². The Labute approximate surface area is 137 Å². The summed E-state index contributed by atoms with van der Waals surface area (Å²) in [4.78, 5) is 15.8. The van der Waals surface area contributed by atoms with E-state index in [2.05, 4.69) is 31.3 Å². The number of rotatable bonds is 4. The summed E-state index contributed by atoms with van der Waals surface area (Å²) in [6.45, 7) is 1.51. The number of anilines is 2. The molecule has 0 aliphatic carbocycles. The van der Waals surface area contributed by atoms with Crippen molar-refractivity contribution in [1.82, 2.24) is 19.9 Å². The van der Waals surface area contributed by atoms with Gasteiger partial charge in [0.2, 0.25) is 11.9 Å². The van der Waals surface area contributed by atoms with Gasteiger partial charge in [0, 0.05) is 26.0 Å². The maximum Gasteiger partial charge on any atom is 0.223 e. The molecule has 0 bridgehead atoms. The first-order valence-electron chi connectivity index (χ1n) is 7.46. The Hall–Kier alpha value is -2.86. The fourth-order valence-electron chi connectivity index (χ4n) is 2.47. The Morgan fingerprint density at radius 3 is 2.88 bits per heavy atom. The summed E-state index contributed by atoms with van der Waals surface area (Å²) >= 11 is 0. The second kappa shape index (κ2) is 6.72. The number of hydrogen-bond donors (Lipinski definition) is 2. The van der Waals surface area contributed by atoms with E-state index in [0.29, 0.717) is 38.5 Å². The van der Waals surface area contributed by atoms with Crippen molar-refractivity contribution in [2.24, 2.45) is 5.41 Å². The summed E-state index contributed by atoms with van der Waals surface area (Å²) < 4.78 is 19.2. The molecule has 0 atom stereocenters. The molecule has 9 heteroatoms. The van der Waals surface area contributed by atoms with Crippen LogP contribution in [0, 0.1) is 22.6 Å². The maximum absolute atomic E-state index is 13.9. The van der Waals surface area contributed by atoms with Gasteiger partial charge in [-0.1, -0.05) is 0 Å². The Kier molecular flexibility index (Phi) is 4.48. The largest absolute Gasteiger partial charge is 0.381 e. The summed E-state index contributed by atoms with van der Waals surface area (Å²) in [5.41, 5.74) is 5.28. The van der Waals surface area contributed by atoms with E-state index in [1.165, 1.54) is 12.3 Å². The number of nitrogens with one attached hydrogen (secondary N) is 1. The molecule has 2 aromatic heterocycles. The predicted molar refractivity (Wildman–Crippen MR) is 84.0 cm³/mol. The molecular weight excluding hydrogens is 313 g/mol. The first kappa shape index (κ1) is 16.0. The van der Waals surface area contributed by atoms with E-state index in [1.54, 1.807) is 0 Å². The van der Waals surface area contributed by atoms with Crippen molar-refractivity contribution in [2.75, 3.05) is 30.8 Å². The first-order chi connectivity index (χ1) is 11.6. The van der Waals surface area contributed by atoms with Crippen molar-refractivity contribution < 1.29 is 9.13 Å². The number of nitrogen functional groups attached to an aromatic ring is 1. The summed E-state index contributed by atoms with van der Waals surface area (Å²) in [6, 6.07) is 3.89. The van der Waals surface area contributed by atoms with Crippen molar-refractivity contribution in [1.29, 1.82) is 5.26 Å². The molecule has 124 valence electrons. The minimum absolute atomic E-state index is 0.00835. The highest BCUT2D eigenvalue weighted by Crippen LogP contribution is 2.29. The van der Waals surface area contributed by atoms with E-state index in [-0.39, 0.29) is 17.3 Å². The molecule has 1 saturated heterocycles. The Balaban J connectivity index is 1.78. The van der Waals surface area contributed by atoms with Crippen molar-refractivity contribution in [3.05, 3.63) is 24.3 Å². The lowest BCUT2D eigenvalue weighted by Gasteiger charge is -2.30. The average Bonchev–Trinajstić information content (AvgIpc) is 2.63. The second-order valence-corrected chi connectivity index (χ2v) is 5.55. The van der Waals surface area contributed by atoms with Crippen molar-refractivity contribution in [2.45, 2.75) is 12.8 Å². The molecule has 1 aliphatic heterocycles. The minimum Gasteiger partial charge on any atom is -0.381 e. The summed E-state index contributed by atoms with van der Waals surface area (Å²) in [6.07, 6.45) is 3.78. The molecule has 1 aliphatic rings. The molecular formula is C15H16FN7O. The molecule has 0 radical (unpaired) electrons. The van der Waals surface area contributed by atoms with Gasteiger partial charge in [0.25, 0.3) is 0 Å². The van der Waals surface area contributed by atoms with E-state index < -0.39 is 11.2 Å². The highest BCUT2D eigenvalue weighted by molar-refractivity contribution is 5.56. The molecule has 0 unspecified atom stereocenters. The first-order valence-corrected chi connectivity index (χ1v) is 7.46. The van der Waals surface area contributed by atoms with Gasteiger partial charge in [-0.25, -0.2) is 24.3 Å². The van der Waals surface area contributed by atoms with Gasteiger partial charge in [-0.15, -0.1) is 0 Å². The number of hydrogen-bond acceptors (Lipinski definition) is 8. The SMILES string of the molecule is N#CC1(CNc2nccc(-c3nc(N)ncc3F)n2)CCOCC1. The lowest BCUT2D eigenvalue weighted by Crippen LogP contribution is -2.35. The van der Waals surface area contributed by atoms with Crippen LogP contribution in [0.15, 0.2) is 18.5 Å². The van der Waals surface area contributed by atoms with Crippen LogP contribution in [0.4, 0.5) is 16.3 Å². The van der Waals surface area contributed by atoms with Crippen molar-refractivity contribution in [3.63, 3.8) is 0 Å². The van der Waals surface area contributed by atoms with Crippen LogP contribution in [-0.2, 0) is 4.74 Å². The van der Waals surface area contributed by atoms with Crippen LogP contribution >= 0.6 is 0 Å². The highest BCUT2D eigenvalue weighted by atomic mass is 19.1. The number of nitrogens with two attached hydrogens (primary N) is 1. The van der Waals surface area contributed by atoms with Gasteiger partial charge < -0.3 is 15.8 Å². The molecule has 1 fully saturated rings. The molecule has 3 rings (SSSR count). The van der Waals surface area contributed by atoms with Crippen LogP contribution in [0.5, 0.6) is 0 Å². The van der Waals surface area contributed by atoms with Gasteiger partial charge in [-0.2, -0.15) is 5.26 Å². The maximum atomic E-state index is 13.9. The molecule has 0 aromatic carbocycles. The normalized spacial score (nSPS) is 16.3. The molecule has 3 heterocycles. The minimum atomic E-state index is -0.619. The topological polar surface area (TPSA) is 123 Å². The lowest BCUT2D eigenvalue weighted by atomic mass is 9.82. The van der Waals surface area contributed by atoms with Crippen molar-refractivity contribution >= 4 is 11.9 Å². The van der Waals surface area contributed by atoms with E-state index in [4.69, 9.17) is 10.5 Å². The molecule has 0 amide bonds. The quantitative estimate of drug-likeness (QED) is 0.862. The molecule has 24 heavy (non-hydrogen) atoms. The third-order valence-corrected chi connectivity index (χ3v) is 3.93. The smallest absolute Gasteiger partial charge is 0.223 e. The summed E-state index contributed by atoms with van der Waals surface area (Å²) in [5, 5.41) is 12.5. The predicted octanol–water partition coefficient (Wildman–Crippen LogP) is 1.39. The van der Waals surface area contributed by atoms with Crippen LogP contribution < -0.4 is 11.1 Å². The molecule has 2 aromatic rings. The Bertz CT molecular complexity index is 771. The van der Waals surface area contributed by atoms with Crippen LogP contribution in [0.2, 0.25) is 0 Å². The van der Waals surface area contributed by atoms with Gasteiger partial charge in [0.05, 0.1) is 23.4 Å². The van der Waals surface area contributed by atoms with Crippen LogP contribution in [0.1, 0.15) is 12.8 Å². The zero-order valence-electron chi connectivity index (χ0n) is 12.9. The average molecular weight is 329 g/mol. The number of halogens is 1. The molecule has 8 nitrogen and oxygen atoms in total. The second-order valence-electron chi connectivity index (χ2n) is 5.55. The van der Waals surface area contributed by atoms with E-state index in [9.17, 15) is 9.65 Å². The third kappa shape index (κ3) is 3.38. The molecule has 0 saturated carbocycles. The summed E-state index contributed by atoms with van der Waals surface area (Å²) in [5.74, 6) is -0.359. The number of nitrogens with zero attached hydrogens (tertiary/aromatic N) is 5.